The number of carbonyl (C=O) groups is 1. The average Bonchev–Trinajstić information content (AvgIpc) is 3.14. The second kappa shape index (κ2) is 8.49. The van der Waals surface area contributed by atoms with Crippen molar-refractivity contribution in [3.05, 3.63) is 71.0 Å². The summed E-state index contributed by atoms with van der Waals surface area (Å²) in [4.78, 5) is 12.4. The molecule has 156 valence electrons. The van der Waals surface area contributed by atoms with Crippen LogP contribution in [0.2, 0.25) is 0 Å². The van der Waals surface area contributed by atoms with Crippen LogP contribution in [0.3, 0.4) is 0 Å². The number of benzene rings is 2. The molecule has 1 aliphatic heterocycles. The molecule has 7 nitrogen and oxygen atoms in total. The number of carbonyl (C=O) groups excluding carboxylic acids is 1. The molecule has 1 aliphatic rings. The van der Waals surface area contributed by atoms with Crippen molar-refractivity contribution in [1.82, 2.24) is 20.4 Å². The van der Waals surface area contributed by atoms with Crippen LogP contribution in [0.25, 0.3) is 5.69 Å². The third-order valence-corrected chi connectivity index (χ3v) is 5.20. The van der Waals surface area contributed by atoms with Gasteiger partial charge in [-0.3, -0.25) is 0 Å². The topological polar surface area (TPSA) is 77.4 Å². The number of amides is 2. The number of nitrogens with one attached hydrogen (secondary N) is 2. The van der Waals surface area contributed by atoms with Gasteiger partial charge in [0.05, 0.1) is 17.9 Å². The van der Waals surface area contributed by atoms with Gasteiger partial charge in [0.25, 0.3) is 0 Å². The Labute approximate surface area is 176 Å². The first kappa shape index (κ1) is 19.8. The maximum Gasteiger partial charge on any atom is 0.315 e. The van der Waals surface area contributed by atoms with Crippen molar-refractivity contribution in [3.63, 3.8) is 0 Å². The Morgan fingerprint density at radius 3 is 2.60 bits per heavy atom. The summed E-state index contributed by atoms with van der Waals surface area (Å²) in [5, 5.41) is 10.4. The monoisotopic (exact) mass is 406 g/mol. The Hall–Kier alpha value is -3.48. The standard InChI is InChI=1S/C23H26N4O3/c1-15-4-7-19(8-5-15)27-17(3)20(14-25-27)16(2)26-23(28)24-13-18-6-9-21-22(12-18)30-11-10-29-21/h4-9,12,14,16H,10-11,13H2,1-3H3,(H2,24,26,28). The molecule has 30 heavy (non-hydrogen) atoms. The molecule has 1 atom stereocenters. The fourth-order valence-electron chi connectivity index (χ4n) is 3.50. The first-order valence-corrected chi connectivity index (χ1v) is 10.1. The minimum absolute atomic E-state index is 0.176. The van der Waals surface area contributed by atoms with Crippen LogP contribution in [0.1, 0.15) is 35.3 Å². The zero-order chi connectivity index (χ0) is 21.1. The number of hydrogen-bond donors (Lipinski definition) is 2. The van der Waals surface area contributed by atoms with Gasteiger partial charge in [-0.1, -0.05) is 23.8 Å². The molecule has 1 unspecified atom stereocenters. The Morgan fingerprint density at radius 1 is 1.10 bits per heavy atom. The van der Waals surface area contributed by atoms with Crippen LogP contribution in [0.5, 0.6) is 11.5 Å². The predicted molar refractivity (Wildman–Crippen MR) is 114 cm³/mol. The number of ether oxygens (including phenoxy) is 2. The van der Waals surface area contributed by atoms with E-state index in [-0.39, 0.29) is 12.1 Å². The van der Waals surface area contributed by atoms with Crippen molar-refractivity contribution in [1.29, 1.82) is 0 Å². The molecule has 2 N–H and O–H groups in total. The Bertz CT molecular complexity index is 1040. The van der Waals surface area contributed by atoms with E-state index in [9.17, 15) is 4.79 Å². The quantitative estimate of drug-likeness (QED) is 0.675. The van der Waals surface area contributed by atoms with Crippen LogP contribution < -0.4 is 20.1 Å². The Kier molecular flexibility index (Phi) is 5.61. The van der Waals surface area contributed by atoms with Crippen LogP contribution in [0.15, 0.2) is 48.7 Å². The molecule has 2 aromatic carbocycles. The van der Waals surface area contributed by atoms with E-state index in [2.05, 4.69) is 34.8 Å². The highest BCUT2D eigenvalue weighted by Crippen LogP contribution is 2.30. The van der Waals surface area contributed by atoms with Crippen molar-refractivity contribution in [2.75, 3.05) is 13.2 Å². The van der Waals surface area contributed by atoms with Crippen molar-refractivity contribution in [3.8, 4) is 17.2 Å². The van der Waals surface area contributed by atoms with Gasteiger partial charge in [0.1, 0.15) is 13.2 Å². The minimum atomic E-state index is -0.236. The van der Waals surface area contributed by atoms with E-state index in [4.69, 9.17) is 9.47 Å². The molecule has 3 aromatic rings. The van der Waals surface area contributed by atoms with Crippen LogP contribution >= 0.6 is 0 Å². The molecule has 0 fully saturated rings. The summed E-state index contributed by atoms with van der Waals surface area (Å²) in [6.07, 6.45) is 1.81. The van der Waals surface area contributed by atoms with E-state index in [1.54, 1.807) is 6.20 Å². The SMILES string of the molecule is Cc1ccc(-n2ncc(C(C)NC(=O)NCc3ccc4c(c3)OCCO4)c2C)cc1. The molecule has 0 aliphatic carbocycles. The summed E-state index contributed by atoms with van der Waals surface area (Å²) >= 11 is 0. The summed E-state index contributed by atoms with van der Waals surface area (Å²) in [6, 6.07) is 13.5. The molecule has 7 heteroatoms. The van der Waals surface area contributed by atoms with Crippen LogP contribution in [0.4, 0.5) is 4.79 Å². The highest BCUT2D eigenvalue weighted by atomic mass is 16.6. The largest absolute Gasteiger partial charge is 0.486 e. The summed E-state index contributed by atoms with van der Waals surface area (Å²) in [5.41, 5.74) is 5.13. The molecule has 0 saturated heterocycles. The van der Waals surface area contributed by atoms with Crippen LogP contribution in [0, 0.1) is 13.8 Å². The average molecular weight is 406 g/mol. The lowest BCUT2D eigenvalue weighted by molar-refractivity contribution is 0.171. The molecular weight excluding hydrogens is 380 g/mol. The van der Waals surface area contributed by atoms with Gasteiger partial charge in [-0.2, -0.15) is 5.10 Å². The zero-order valence-corrected chi connectivity index (χ0v) is 17.4. The third-order valence-electron chi connectivity index (χ3n) is 5.20. The second-order valence-corrected chi connectivity index (χ2v) is 7.46. The number of urea groups is 1. The molecule has 2 heterocycles. The number of aryl methyl sites for hydroxylation is 1. The minimum Gasteiger partial charge on any atom is -0.486 e. The fraction of sp³-hybridized carbons (Fsp3) is 0.304. The van der Waals surface area contributed by atoms with E-state index < -0.39 is 0 Å². The third kappa shape index (κ3) is 4.25. The van der Waals surface area contributed by atoms with E-state index >= 15 is 0 Å². The highest BCUT2D eigenvalue weighted by molar-refractivity contribution is 5.74. The van der Waals surface area contributed by atoms with Crippen LogP contribution in [-0.4, -0.2) is 29.0 Å². The number of rotatable bonds is 5. The normalized spacial score (nSPS) is 13.6. The van der Waals surface area contributed by atoms with Crippen molar-refractivity contribution < 1.29 is 14.3 Å². The van der Waals surface area contributed by atoms with Gasteiger partial charge in [0.15, 0.2) is 11.5 Å². The number of nitrogens with zero attached hydrogens (tertiary/aromatic N) is 2. The lowest BCUT2D eigenvalue weighted by Gasteiger charge is -2.19. The predicted octanol–water partition coefficient (Wildman–Crippen LogP) is 3.82. The van der Waals surface area contributed by atoms with Crippen molar-refractivity contribution >= 4 is 6.03 Å². The van der Waals surface area contributed by atoms with Crippen molar-refractivity contribution in [2.24, 2.45) is 0 Å². The van der Waals surface area contributed by atoms with Crippen LogP contribution in [-0.2, 0) is 6.54 Å². The highest BCUT2D eigenvalue weighted by Gasteiger charge is 2.17. The molecule has 0 spiro atoms. The molecule has 0 radical (unpaired) electrons. The second-order valence-electron chi connectivity index (χ2n) is 7.46. The molecule has 4 rings (SSSR count). The van der Waals surface area contributed by atoms with Gasteiger partial charge in [-0.05, 0) is 50.6 Å². The van der Waals surface area contributed by atoms with Crippen molar-refractivity contribution in [2.45, 2.75) is 33.4 Å². The lowest BCUT2D eigenvalue weighted by atomic mass is 10.1. The van der Waals surface area contributed by atoms with E-state index in [0.29, 0.717) is 25.5 Å². The molecule has 2 amide bonds. The number of hydrogen-bond acceptors (Lipinski definition) is 4. The number of aromatic nitrogens is 2. The molecule has 0 saturated carbocycles. The molecule has 1 aromatic heterocycles. The van der Waals surface area contributed by atoms with E-state index in [1.807, 2.05) is 48.9 Å². The van der Waals surface area contributed by atoms with Gasteiger partial charge in [0.2, 0.25) is 0 Å². The van der Waals surface area contributed by atoms with E-state index in [0.717, 1.165) is 28.3 Å². The van der Waals surface area contributed by atoms with E-state index in [1.165, 1.54) is 5.56 Å². The fourth-order valence-corrected chi connectivity index (χ4v) is 3.50. The molecular formula is C23H26N4O3. The Balaban J connectivity index is 1.36. The summed E-state index contributed by atoms with van der Waals surface area (Å²) in [5.74, 6) is 1.46. The lowest BCUT2D eigenvalue weighted by Crippen LogP contribution is -2.36. The maximum absolute atomic E-state index is 12.4. The van der Waals surface area contributed by atoms with Gasteiger partial charge in [-0.25, -0.2) is 9.48 Å². The smallest absolute Gasteiger partial charge is 0.315 e. The van der Waals surface area contributed by atoms with Gasteiger partial charge in [0, 0.05) is 17.8 Å². The zero-order valence-electron chi connectivity index (χ0n) is 17.4. The summed E-state index contributed by atoms with van der Waals surface area (Å²) in [7, 11) is 0. The first-order valence-electron chi connectivity index (χ1n) is 10.1. The van der Waals surface area contributed by atoms with Gasteiger partial charge in [-0.15, -0.1) is 0 Å². The van der Waals surface area contributed by atoms with Gasteiger partial charge < -0.3 is 20.1 Å². The maximum atomic E-state index is 12.4. The number of fused-ring (bicyclic) bond motifs is 1. The summed E-state index contributed by atoms with van der Waals surface area (Å²) < 4.78 is 13.0. The summed E-state index contributed by atoms with van der Waals surface area (Å²) in [6.45, 7) is 7.51. The first-order chi connectivity index (χ1) is 14.5. The van der Waals surface area contributed by atoms with Gasteiger partial charge >= 0.3 is 6.03 Å². The molecule has 0 bridgehead atoms. The Morgan fingerprint density at radius 2 is 1.83 bits per heavy atom.